The number of aliphatic carboxylic acids is 1. The maximum absolute atomic E-state index is 11.5. The molecule has 0 unspecified atom stereocenters. The van der Waals surface area contributed by atoms with Gasteiger partial charge in [-0.3, -0.25) is 28.8 Å². The van der Waals surface area contributed by atoms with E-state index in [4.69, 9.17) is 14.6 Å². The number of hydrogen-bond acceptors (Lipinski definition) is 11. The van der Waals surface area contributed by atoms with E-state index in [1.54, 1.807) is 9.80 Å². The Hall–Kier alpha value is -2.16. The fourth-order valence-corrected chi connectivity index (χ4v) is 3.45. The summed E-state index contributed by atoms with van der Waals surface area (Å²) in [5.74, 6) is -0.686. The molecule has 220 valence electrons. The zero-order valence-corrected chi connectivity index (χ0v) is 24.5. The van der Waals surface area contributed by atoms with Crippen LogP contribution in [-0.4, -0.2) is 114 Å². The molecule has 1 aliphatic heterocycles. The number of carboxylic acid groups (broad SMARTS) is 1. The minimum absolute atomic E-state index is 0.0194. The van der Waals surface area contributed by atoms with Crippen LogP contribution in [0, 0.1) is 0 Å². The predicted molar refractivity (Wildman–Crippen MR) is 146 cm³/mol. The monoisotopic (exact) mass is 582 g/mol. The quantitative estimate of drug-likeness (QED) is 0.118. The summed E-state index contributed by atoms with van der Waals surface area (Å²) in [4.78, 5) is 67.7. The van der Waals surface area contributed by atoms with Gasteiger partial charge >= 0.3 is 17.9 Å². The van der Waals surface area contributed by atoms with Gasteiger partial charge in [-0.1, -0.05) is 11.8 Å². The molecule has 1 aliphatic rings. The standard InChI is InChI=1S/C12H21NO5S.C8H17NO2S.C4H4O3/c1-3-13(4-2)10(14)9-18-7-8-19-12(17)6-5-11(15)16;1-3-9(4-2)8(10)7-11-5-6-12;5-3-1-2-4(6)7-3/h3-9H2,1-2H3,(H,15,16);12H,3-7H2,1-2H3;1-2H2. The number of carboxylic acids is 1. The Kier molecular flexibility index (Phi) is 25.1. The lowest BCUT2D eigenvalue weighted by atomic mass is 10.3. The van der Waals surface area contributed by atoms with Gasteiger partial charge in [-0.15, -0.1) is 0 Å². The van der Waals surface area contributed by atoms with Gasteiger partial charge in [0.25, 0.3) is 0 Å². The number of likely N-dealkylation sites (N-methyl/N-ethyl adjacent to an activating group) is 2. The Bertz CT molecular complexity index is 715. The highest BCUT2D eigenvalue weighted by Crippen LogP contribution is 2.07. The Labute approximate surface area is 234 Å². The number of hydrogen-bond donors (Lipinski definition) is 2. The summed E-state index contributed by atoms with van der Waals surface area (Å²) in [5, 5.41) is 8.24. The van der Waals surface area contributed by atoms with E-state index in [0.29, 0.717) is 37.8 Å². The molecule has 38 heavy (non-hydrogen) atoms. The van der Waals surface area contributed by atoms with Gasteiger partial charge in [-0.2, -0.15) is 12.6 Å². The van der Waals surface area contributed by atoms with Crippen LogP contribution in [0.4, 0.5) is 0 Å². The van der Waals surface area contributed by atoms with Crippen LogP contribution >= 0.6 is 24.4 Å². The summed E-state index contributed by atoms with van der Waals surface area (Å²) in [6.45, 7) is 11.6. The molecule has 0 spiro atoms. The van der Waals surface area contributed by atoms with Crippen molar-refractivity contribution in [2.24, 2.45) is 0 Å². The molecule has 2 amide bonds. The van der Waals surface area contributed by atoms with E-state index in [9.17, 15) is 28.8 Å². The van der Waals surface area contributed by atoms with E-state index >= 15 is 0 Å². The SMILES string of the molecule is CCN(CC)C(=O)COCCS.CCN(CC)C(=O)COCCSC(=O)CCC(=O)O.O=C1CCC(=O)O1. The summed E-state index contributed by atoms with van der Waals surface area (Å²) in [6, 6.07) is 0. The molecule has 0 radical (unpaired) electrons. The van der Waals surface area contributed by atoms with Crippen molar-refractivity contribution in [3.63, 3.8) is 0 Å². The van der Waals surface area contributed by atoms with E-state index in [2.05, 4.69) is 17.4 Å². The first-order valence-corrected chi connectivity index (χ1v) is 14.1. The first-order chi connectivity index (χ1) is 18.1. The van der Waals surface area contributed by atoms with Crippen LogP contribution in [0.2, 0.25) is 0 Å². The number of thiol groups is 1. The number of nitrogens with zero attached hydrogens (tertiary/aromatic N) is 2. The van der Waals surface area contributed by atoms with E-state index in [1.807, 2.05) is 27.7 Å². The maximum atomic E-state index is 11.5. The second-order valence-corrected chi connectivity index (χ2v) is 9.02. The lowest BCUT2D eigenvalue weighted by Gasteiger charge is -2.18. The molecule has 14 heteroatoms. The third kappa shape index (κ3) is 21.9. The molecule has 0 bridgehead atoms. The third-order valence-electron chi connectivity index (χ3n) is 4.71. The van der Waals surface area contributed by atoms with Gasteiger partial charge < -0.3 is 29.1 Å². The molecule has 1 saturated heterocycles. The number of rotatable bonds is 16. The summed E-state index contributed by atoms with van der Waals surface area (Å²) in [5.41, 5.74) is 0. The molecular weight excluding hydrogens is 540 g/mol. The van der Waals surface area contributed by atoms with Crippen LogP contribution in [0.15, 0.2) is 0 Å². The Morgan fingerprint density at radius 3 is 1.63 bits per heavy atom. The van der Waals surface area contributed by atoms with E-state index in [-0.39, 0.29) is 55.8 Å². The molecule has 0 aromatic carbocycles. The second kappa shape index (κ2) is 25.1. The van der Waals surface area contributed by atoms with E-state index < -0.39 is 17.9 Å². The molecule has 1 rings (SSSR count). The zero-order chi connectivity index (χ0) is 29.3. The van der Waals surface area contributed by atoms with Gasteiger partial charge in [-0.05, 0) is 27.7 Å². The van der Waals surface area contributed by atoms with E-state index in [0.717, 1.165) is 24.9 Å². The zero-order valence-electron chi connectivity index (χ0n) is 22.8. The van der Waals surface area contributed by atoms with Crippen molar-refractivity contribution in [2.75, 3.05) is 64.1 Å². The molecule has 0 saturated carbocycles. The first kappa shape index (κ1) is 38.0. The topological polar surface area (TPSA) is 157 Å². The van der Waals surface area contributed by atoms with Crippen molar-refractivity contribution in [3.05, 3.63) is 0 Å². The molecule has 12 nitrogen and oxygen atoms in total. The van der Waals surface area contributed by atoms with Gasteiger partial charge in [0, 0.05) is 44.1 Å². The number of esters is 2. The Morgan fingerprint density at radius 2 is 1.29 bits per heavy atom. The average Bonchev–Trinajstić information content (AvgIpc) is 3.27. The maximum Gasteiger partial charge on any atom is 0.314 e. The molecule has 1 fully saturated rings. The first-order valence-electron chi connectivity index (χ1n) is 12.5. The largest absolute Gasteiger partial charge is 0.481 e. The number of cyclic esters (lactones) is 2. The van der Waals surface area contributed by atoms with Crippen molar-refractivity contribution >= 4 is 59.2 Å². The van der Waals surface area contributed by atoms with Gasteiger partial charge in [0.1, 0.15) is 13.2 Å². The summed E-state index contributed by atoms with van der Waals surface area (Å²) in [7, 11) is 0. The van der Waals surface area contributed by atoms with Crippen LogP contribution in [0.5, 0.6) is 0 Å². The van der Waals surface area contributed by atoms with Gasteiger partial charge in [0.2, 0.25) is 11.8 Å². The highest BCUT2D eigenvalue weighted by molar-refractivity contribution is 8.13. The van der Waals surface area contributed by atoms with Crippen LogP contribution in [0.1, 0.15) is 53.4 Å². The summed E-state index contributed by atoms with van der Waals surface area (Å²) in [6.07, 6.45) is 0.406. The Morgan fingerprint density at radius 1 is 0.842 bits per heavy atom. The summed E-state index contributed by atoms with van der Waals surface area (Å²) >= 11 is 5.01. The smallest absolute Gasteiger partial charge is 0.314 e. The van der Waals surface area contributed by atoms with Crippen LogP contribution < -0.4 is 0 Å². The van der Waals surface area contributed by atoms with Crippen molar-refractivity contribution in [1.29, 1.82) is 0 Å². The van der Waals surface area contributed by atoms with Gasteiger partial charge in [0.15, 0.2) is 5.12 Å². The van der Waals surface area contributed by atoms with Crippen LogP contribution in [0.25, 0.3) is 0 Å². The number of amides is 2. The highest BCUT2D eigenvalue weighted by Gasteiger charge is 2.19. The lowest BCUT2D eigenvalue weighted by molar-refractivity contribution is -0.152. The second-order valence-electron chi connectivity index (χ2n) is 7.42. The average molecular weight is 583 g/mol. The number of ether oxygens (including phenoxy) is 3. The lowest BCUT2D eigenvalue weighted by Crippen LogP contribution is -2.33. The Balaban J connectivity index is 0. The fraction of sp³-hybridized carbons (Fsp3) is 0.750. The number of carbonyl (C=O) groups is 6. The number of thioether (sulfide) groups is 1. The highest BCUT2D eigenvalue weighted by atomic mass is 32.2. The van der Waals surface area contributed by atoms with Gasteiger partial charge in [-0.25, -0.2) is 0 Å². The van der Waals surface area contributed by atoms with Crippen molar-refractivity contribution in [1.82, 2.24) is 9.80 Å². The fourth-order valence-electron chi connectivity index (χ4n) is 2.65. The van der Waals surface area contributed by atoms with Gasteiger partial charge in [0.05, 0.1) is 32.5 Å². The normalized spacial score (nSPS) is 11.9. The van der Waals surface area contributed by atoms with Crippen molar-refractivity contribution in [3.8, 4) is 0 Å². The molecule has 0 atom stereocenters. The predicted octanol–water partition coefficient (Wildman–Crippen LogP) is 1.65. The van der Waals surface area contributed by atoms with Crippen molar-refractivity contribution < 1.29 is 48.1 Å². The van der Waals surface area contributed by atoms with Crippen LogP contribution in [-0.2, 0) is 43.0 Å². The van der Waals surface area contributed by atoms with Crippen molar-refractivity contribution in [2.45, 2.75) is 53.4 Å². The minimum atomic E-state index is -0.977. The van der Waals surface area contributed by atoms with Crippen LogP contribution in [0.3, 0.4) is 0 Å². The number of carbonyl (C=O) groups excluding carboxylic acids is 5. The molecule has 1 heterocycles. The summed E-state index contributed by atoms with van der Waals surface area (Å²) < 4.78 is 14.3. The molecular formula is C24H42N2O10S2. The molecule has 1 N–H and O–H groups in total. The van der Waals surface area contributed by atoms with E-state index in [1.165, 1.54) is 0 Å². The molecule has 0 aliphatic carbocycles. The molecule has 0 aromatic rings. The third-order valence-corrected chi connectivity index (χ3v) is 5.79. The molecule has 0 aromatic heterocycles. The minimum Gasteiger partial charge on any atom is -0.481 e.